The van der Waals surface area contributed by atoms with Gasteiger partial charge in [-0.05, 0) is 12.1 Å². The number of hydrogen-bond donors (Lipinski definition) is 2. The molecule has 0 bridgehead atoms. The number of rotatable bonds is 0. The maximum Gasteiger partial charge on any atom is 0.0547 e. The van der Waals surface area contributed by atoms with Gasteiger partial charge < -0.3 is 11.5 Å². The van der Waals surface area contributed by atoms with Crippen LogP contribution in [0.5, 0.6) is 0 Å². The van der Waals surface area contributed by atoms with Gasteiger partial charge in [0.15, 0.2) is 0 Å². The first-order chi connectivity index (χ1) is 3.80. The van der Waals surface area contributed by atoms with Gasteiger partial charge in [-0.2, -0.15) is 0 Å². The number of benzene rings is 1. The molecule has 1 aromatic carbocycles. The molecule has 0 aliphatic rings. The zero-order chi connectivity index (χ0) is 5.98. The van der Waals surface area contributed by atoms with Crippen molar-refractivity contribution in [3.05, 3.63) is 24.3 Å². The Morgan fingerprint density at radius 2 is 1.22 bits per heavy atom. The summed E-state index contributed by atoms with van der Waals surface area (Å²) in [5.41, 5.74) is 12.1. The van der Waals surface area contributed by atoms with Crippen LogP contribution in [-0.2, 0) is 18.6 Å². The summed E-state index contributed by atoms with van der Waals surface area (Å²) < 4.78 is 0. The van der Waals surface area contributed by atoms with Gasteiger partial charge in [0, 0.05) is 18.6 Å². The second-order valence-corrected chi connectivity index (χ2v) is 1.63. The normalized spacial score (nSPS) is 8.00. The summed E-state index contributed by atoms with van der Waals surface area (Å²) in [6.45, 7) is 0. The molecule has 0 aliphatic carbocycles. The minimum atomic E-state index is 0. The topological polar surface area (TPSA) is 52.0 Å². The molecule has 3 heteroatoms. The molecule has 0 saturated carbocycles. The summed E-state index contributed by atoms with van der Waals surface area (Å²) >= 11 is 0. The van der Waals surface area contributed by atoms with E-state index in [1.807, 2.05) is 12.1 Å². The van der Waals surface area contributed by atoms with Crippen molar-refractivity contribution in [3.8, 4) is 0 Å². The fourth-order valence-electron chi connectivity index (χ4n) is 0.511. The third kappa shape index (κ3) is 2.00. The Balaban J connectivity index is 0.000000640. The van der Waals surface area contributed by atoms with Gasteiger partial charge >= 0.3 is 0 Å². The first-order valence-electron chi connectivity index (χ1n) is 2.40. The largest absolute Gasteiger partial charge is 0.397 e. The summed E-state index contributed by atoms with van der Waals surface area (Å²) in [5.74, 6) is 0. The molecule has 1 rings (SSSR count). The van der Waals surface area contributed by atoms with Crippen molar-refractivity contribution in [2.45, 2.75) is 0 Å². The van der Waals surface area contributed by atoms with Crippen LogP contribution in [0.15, 0.2) is 24.3 Å². The summed E-state index contributed by atoms with van der Waals surface area (Å²) in [7, 11) is 0. The molecule has 0 saturated heterocycles. The van der Waals surface area contributed by atoms with Crippen LogP contribution in [0.4, 0.5) is 11.4 Å². The van der Waals surface area contributed by atoms with Crippen LogP contribution in [-0.4, -0.2) is 0 Å². The summed E-state index contributed by atoms with van der Waals surface area (Å²) in [4.78, 5) is 0. The smallest absolute Gasteiger partial charge is 0.0547 e. The van der Waals surface area contributed by atoms with E-state index in [-0.39, 0.29) is 18.6 Å². The Morgan fingerprint density at radius 1 is 0.889 bits per heavy atom. The second-order valence-electron chi connectivity index (χ2n) is 1.63. The standard InChI is InChI=1S/C6H8N2.V/c7-5-3-1-2-4-6(5)8;/h1-4H,7-8H2;. The van der Waals surface area contributed by atoms with Crippen molar-refractivity contribution in [1.82, 2.24) is 0 Å². The molecule has 0 fully saturated rings. The van der Waals surface area contributed by atoms with E-state index < -0.39 is 0 Å². The third-order valence-electron chi connectivity index (χ3n) is 0.996. The van der Waals surface area contributed by atoms with E-state index in [0.29, 0.717) is 11.4 Å². The van der Waals surface area contributed by atoms with Crippen LogP contribution in [0, 0.1) is 0 Å². The molecular weight excluding hydrogens is 151 g/mol. The average molecular weight is 159 g/mol. The Labute approximate surface area is 66.1 Å². The molecule has 0 amide bonds. The summed E-state index contributed by atoms with van der Waals surface area (Å²) in [6.07, 6.45) is 0. The molecule has 4 N–H and O–H groups in total. The SMILES string of the molecule is Nc1ccccc1N.[V]. The van der Waals surface area contributed by atoms with Gasteiger partial charge in [0.25, 0.3) is 0 Å². The fourth-order valence-corrected chi connectivity index (χ4v) is 0.511. The predicted molar refractivity (Wildman–Crippen MR) is 35.3 cm³/mol. The van der Waals surface area contributed by atoms with E-state index in [1.54, 1.807) is 12.1 Å². The third-order valence-corrected chi connectivity index (χ3v) is 0.996. The van der Waals surface area contributed by atoms with Crippen molar-refractivity contribution < 1.29 is 18.6 Å². The maximum atomic E-state index is 5.39. The van der Waals surface area contributed by atoms with Crippen LogP contribution in [0.2, 0.25) is 0 Å². The molecule has 0 spiro atoms. The average Bonchev–Trinajstić information content (AvgIpc) is 1.77. The van der Waals surface area contributed by atoms with Crippen molar-refractivity contribution in [3.63, 3.8) is 0 Å². The maximum absolute atomic E-state index is 5.39. The predicted octanol–water partition coefficient (Wildman–Crippen LogP) is 0.849. The first-order valence-corrected chi connectivity index (χ1v) is 2.40. The van der Waals surface area contributed by atoms with Gasteiger partial charge in [-0.25, -0.2) is 0 Å². The number of para-hydroxylation sites is 2. The molecule has 0 heterocycles. The zero-order valence-corrected chi connectivity index (χ0v) is 6.31. The van der Waals surface area contributed by atoms with E-state index in [1.165, 1.54) is 0 Å². The molecular formula is C6H8N2V. The van der Waals surface area contributed by atoms with E-state index in [2.05, 4.69) is 0 Å². The number of anilines is 2. The molecule has 0 atom stereocenters. The van der Waals surface area contributed by atoms with Crippen molar-refractivity contribution in [1.29, 1.82) is 0 Å². The van der Waals surface area contributed by atoms with E-state index in [9.17, 15) is 0 Å². The van der Waals surface area contributed by atoms with Crippen molar-refractivity contribution in [2.75, 3.05) is 11.5 Å². The van der Waals surface area contributed by atoms with Gasteiger partial charge in [-0.3, -0.25) is 0 Å². The Morgan fingerprint density at radius 3 is 1.44 bits per heavy atom. The molecule has 0 unspecified atom stereocenters. The van der Waals surface area contributed by atoms with Crippen LogP contribution in [0.1, 0.15) is 0 Å². The molecule has 47 valence electrons. The van der Waals surface area contributed by atoms with E-state index in [0.717, 1.165) is 0 Å². The molecule has 0 aliphatic heterocycles. The monoisotopic (exact) mass is 159 g/mol. The van der Waals surface area contributed by atoms with E-state index >= 15 is 0 Å². The molecule has 1 radical (unpaired) electrons. The van der Waals surface area contributed by atoms with Crippen molar-refractivity contribution >= 4 is 11.4 Å². The van der Waals surface area contributed by atoms with Gasteiger partial charge in [-0.1, -0.05) is 12.1 Å². The number of hydrogen-bond acceptors (Lipinski definition) is 2. The summed E-state index contributed by atoms with van der Waals surface area (Å²) in [5, 5.41) is 0. The van der Waals surface area contributed by atoms with Crippen LogP contribution < -0.4 is 11.5 Å². The molecule has 9 heavy (non-hydrogen) atoms. The quantitative estimate of drug-likeness (QED) is 0.551. The van der Waals surface area contributed by atoms with Crippen LogP contribution in [0.3, 0.4) is 0 Å². The molecule has 0 aromatic heterocycles. The first kappa shape index (κ1) is 8.40. The minimum Gasteiger partial charge on any atom is -0.397 e. The second kappa shape index (κ2) is 3.43. The van der Waals surface area contributed by atoms with Gasteiger partial charge in [0.05, 0.1) is 11.4 Å². The number of nitrogens with two attached hydrogens (primary N) is 2. The molecule has 1 aromatic rings. The fraction of sp³-hybridized carbons (Fsp3) is 0. The van der Waals surface area contributed by atoms with E-state index in [4.69, 9.17) is 11.5 Å². The van der Waals surface area contributed by atoms with Crippen molar-refractivity contribution in [2.24, 2.45) is 0 Å². The van der Waals surface area contributed by atoms with Gasteiger partial charge in [0.1, 0.15) is 0 Å². The Kier molecular flexibility index (Phi) is 3.21. The van der Waals surface area contributed by atoms with Crippen LogP contribution >= 0.6 is 0 Å². The van der Waals surface area contributed by atoms with Gasteiger partial charge in [-0.15, -0.1) is 0 Å². The molecule has 2 nitrogen and oxygen atoms in total. The zero-order valence-electron chi connectivity index (χ0n) is 4.91. The Hall–Kier alpha value is -0.596. The number of nitrogen functional groups attached to an aromatic ring is 2. The minimum absolute atomic E-state index is 0. The Bertz CT molecular complexity index is 167. The summed E-state index contributed by atoms with van der Waals surface area (Å²) in [6, 6.07) is 7.25. The van der Waals surface area contributed by atoms with Crippen LogP contribution in [0.25, 0.3) is 0 Å². The van der Waals surface area contributed by atoms with Gasteiger partial charge in [0.2, 0.25) is 0 Å².